The topological polar surface area (TPSA) is 96.0 Å². The van der Waals surface area contributed by atoms with Crippen LogP contribution in [0.4, 0.5) is 10.8 Å². The molecule has 28 heavy (non-hydrogen) atoms. The Hall–Kier alpha value is -2.43. The lowest BCUT2D eigenvalue weighted by molar-refractivity contribution is -0.113. The standard InChI is InChI=1S/C18H19N5O2S3/c1-19-16(25)12-4-6-13(7-5-12)21-15(24)11-27-18-23-22-17(28-18)20-9-8-14-3-2-10-26-14/h2-7,10H,8-9,11H2,1H3,(H,19,25)(H,20,22)(H,21,24). The lowest BCUT2D eigenvalue weighted by atomic mass is 10.2. The summed E-state index contributed by atoms with van der Waals surface area (Å²) >= 11 is 4.51. The fourth-order valence-electron chi connectivity index (χ4n) is 2.26. The minimum absolute atomic E-state index is 0.139. The third kappa shape index (κ3) is 6.04. The van der Waals surface area contributed by atoms with Gasteiger partial charge in [-0.1, -0.05) is 29.2 Å². The van der Waals surface area contributed by atoms with Crippen LogP contribution in [-0.2, 0) is 11.2 Å². The zero-order valence-corrected chi connectivity index (χ0v) is 17.5. The van der Waals surface area contributed by atoms with E-state index in [0.29, 0.717) is 11.3 Å². The number of nitrogens with zero attached hydrogens (tertiary/aromatic N) is 2. The van der Waals surface area contributed by atoms with Crippen molar-refractivity contribution in [1.82, 2.24) is 15.5 Å². The number of rotatable bonds is 9. The van der Waals surface area contributed by atoms with Gasteiger partial charge in [0.1, 0.15) is 0 Å². The molecule has 0 aliphatic rings. The molecule has 2 heterocycles. The Bertz CT molecular complexity index is 910. The number of anilines is 2. The fraction of sp³-hybridized carbons (Fsp3) is 0.222. The van der Waals surface area contributed by atoms with Crippen molar-refractivity contribution >= 4 is 57.1 Å². The molecule has 3 N–H and O–H groups in total. The first kappa shape index (κ1) is 20.3. The van der Waals surface area contributed by atoms with Gasteiger partial charge in [0.2, 0.25) is 11.0 Å². The van der Waals surface area contributed by atoms with Crippen LogP contribution in [0, 0.1) is 0 Å². The average Bonchev–Trinajstić information content (AvgIpc) is 3.38. The molecule has 0 saturated carbocycles. The smallest absolute Gasteiger partial charge is 0.251 e. The van der Waals surface area contributed by atoms with Crippen molar-refractivity contribution < 1.29 is 9.59 Å². The summed E-state index contributed by atoms with van der Waals surface area (Å²) in [6.07, 6.45) is 0.945. The zero-order valence-electron chi connectivity index (χ0n) is 15.1. The summed E-state index contributed by atoms with van der Waals surface area (Å²) in [5.41, 5.74) is 1.19. The van der Waals surface area contributed by atoms with Gasteiger partial charge in [0.05, 0.1) is 5.75 Å². The molecule has 0 unspecified atom stereocenters. The molecule has 7 nitrogen and oxygen atoms in total. The van der Waals surface area contributed by atoms with Crippen molar-refractivity contribution in [3.05, 3.63) is 52.2 Å². The Morgan fingerprint density at radius 2 is 1.96 bits per heavy atom. The lowest BCUT2D eigenvalue weighted by Crippen LogP contribution is -2.18. The monoisotopic (exact) mass is 433 g/mol. The number of carbonyl (C=O) groups is 2. The predicted molar refractivity (Wildman–Crippen MR) is 116 cm³/mol. The Kier molecular flexibility index (Phi) is 7.40. The molecule has 0 spiro atoms. The number of carbonyl (C=O) groups excluding carboxylic acids is 2. The van der Waals surface area contributed by atoms with E-state index >= 15 is 0 Å². The molecule has 10 heteroatoms. The first-order chi connectivity index (χ1) is 13.6. The van der Waals surface area contributed by atoms with Gasteiger partial charge in [-0.05, 0) is 42.1 Å². The summed E-state index contributed by atoms with van der Waals surface area (Å²) in [5, 5.41) is 19.6. The highest BCUT2D eigenvalue weighted by atomic mass is 32.2. The molecule has 0 saturated heterocycles. The van der Waals surface area contributed by atoms with Gasteiger partial charge in [-0.25, -0.2) is 0 Å². The summed E-state index contributed by atoms with van der Waals surface area (Å²) < 4.78 is 0.740. The van der Waals surface area contributed by atoms with Crippen LogP contribution in [0.1, 0.15) is 15.2 Å². The third-order valence-electron chi connectivity index (χ3n) is 3.62. The highest BCUT2D eigenvalue weighted by Gasteiger charge is 2.09. The Labute approximate surface area is 175 Å². The van der Waals surface area contributed by atoms with Crippen LogP contribution in [0.5, 0.6) is 0 Å². The molecule has 3 aromatic rings. The summed E-state index contributed by atoms with van der Waals surface area (Å²) in [6.45, 7) is 0.798. The molecule has 0 aliphatic carbocycles. The highest BCUT2D eigenvalue weighted by molar-refractivity contribution is 8.01. The van der Waals surface area contributed by atoms with Gasteiger partial charge in [0.25, 0.3) is 5.91 Å². The molecule has 1 aromatic carbocycles. The minimum Gasteiger partial charge on any atom is -0.360 e. The minimum atomic E-state index is -0.162. The van der Waals surface area contributed by atoms with E-state index in [1.54, 1.807) is 42.6 Å². The molecule has 146 valence electrons. The summed E-state index contributed by atoms with van der Waals surface area (Å²) in [5.74, 6) is -0.0642. The van der Waals surface area contributed by atoms with Gasteiger partial charge in [-0.2, -0.15) is 0 Å². The van der Waals surface area contributed by atoms with Crippen molar-refractivity contribution in [3.8, 4) is 0 Å². The number of nitrogens with one attached hydrogen (secondary N) is 3. The summed E-state index contributed by atoms with van der Waals surface area (Å²) in [6, 6.07) is 10.9. The average molecular weight is 434 g/mol. The molecule has 0 bridgehead atoms. The van der Waals surface area contributed by atoms with Crippen LogP contribution in [0.2, 0.25) is 0 Å². The van der Waals surface area contributed by atoms with Gasteiger partial charge in [0.15, 0.2) is 4.34 Å². The molecule has 3 rings (SSSR count). The predicted octanol–water partition coefficient (Wildman–Crippen LogP) is 3.34. The van der Waals surface area contributed by atoms with Gasteiger partial charge >= 0.3 is 0 Å². The van der Waals surface area contributed by atoms with Crippen molar-refractivity contribution in [3.63, 3.8) is 0 Å². The fourth-order valence-corrected chi connectivity index (χ4v) is 4.55. The maximum atomic E-state index is 12.1. The van der Waals surface area contributed by atoms with E-state index in [2.05, 4.69) is 37.6 Å². The Morgan fingerprint density at radius 1 is 1.14 bits per heavy atom. The second-order valence-electron chi connectivity index (χ2n) is 5.62. The maximum Gasteiger partial charge on any atom is 0.251 e. The molecule has 2 aromatic heterocycles. The maximum absolute atomic E-state index is 12.1. The first-order valence-electron chi connectivity index (χ1n) is 8.48. The number of amides is 2. The van der Waals surface area contributed by atoms with E-state index in [4.69, 9.17) is 0 Å². The second-order valence-corrected chi connectivity index (χ2v) is 8.85. The van der Waals surface area contributed by atoms with E-state index < -0.39 is 0 Å². The molecule has 0 radical (unpaired) electrons. The van der Waals surface area contributed by atoms with Gasteiger partial charge in [-0.15, -0.1) is 21.5 Å². The SMILES string of the molecule is CNC(=O)c1ccc(NC(=O)CSc2nnc(NCCc3cccs3)s2)cc1. The molecule has 0 fully saturated rings. The van der Waals surface area contributed by atoms with Crippen LogP contribution in [-0.4, -0.2) is 41.4 Å². The number of benzene rings is 1. The van der Waals surface area contributed by atoms with Crippen LogP contribution in [0.15, 0.2) is 46.1 Å². The number of hydrogen-bond acceptors (Lipinski definition) is 8. The van der Waals surface area contributed by atoms with Gasteiger partial charge in [-0.3, -0.25) is 9.59 Å². The van der Waals surface area contributed by atoms with E-state index in [1.165, 1.54) is 28.0 Å². The molecule has 0 atom stereocenters. The Morgan fingerprint density at radius 3 is 2.68 bits per heavy atom. The second kappa shape index (κ2) is 10.2. The Balaban J connectivity index is 1.40. The number of thiophene rings is 1. The van der Waals surface area contributed by atoms with Crippen molar-refractivity contribution in [1.29, 1.82) is 0 Å². The van der Waals surface area contributed by atoms with Crippen LogP contribution < -0.4 is 16.0 Å². The quantitative estimate of drug-likeness (QED) is 0.448. The number of aromatic nitrogens is 2. The zero-order chi connectivity index (χ0) is 19.8. The normalized spacial score (nSPS) is 10.5. The number of hydrogen-bond donors (Lipinski definition) is 3. The van der Waals surface area contributed by atoms with Crippen molar-refractivity contribution in [2.24, 2.45) is 0 Å². The molecular formula is C18H19N5O2S3. The highest BCUT2D eigenvalue weighted by Crippen LogP contribution is 2.25. The van der Waals surface area contributed by atoms with E-state index in [9.17, 15) is 9.59 Å². The van der Waals surface area contributed by atoms with E-state index in [1.807, 2.05) is 6.07 Å². The van der Waals surface area contributed by atoms with E-state index in [0.717, 1.165) is 22.4 Å². The van der Waals surface area contributed by atoms with Gasteiger partial charge < -0.3 is 16.0 Å². The van der Waals surface area contributed by atoms with Crippen LogP contribution >= 0.6 is 34.4 Å². The van der Waals surface area contributed by atoms with Crippen LogP contribution in [0.3, 0.4) is 0 Å². The third-order valence-corrected chi connectivity index (χ3v) is 6.57. The van der Waals surface area contributed by atoms with Crippen molar-refractivity contribution in [2.45, 2.75) is 10.8 Å². The molecular weight excluding hydrogens is 414 g/mol. The largest absolute Gasteiger partial charge is 0.360 e. The van der Waals surface area contributed by atoms with E-state index in [-0.39, 0.29) is 17.6 Å². The van der Waals surface area contributed by atoms with Crippen LogP contribution in [0.25, 0.3) is 0 Å². The van der Waals surface area contributed by atoms with Crippen molar-refractivity contribution in [2.75, 3.05) is 30.0 Å². The lowest BCUT2D eigenvalue weighted by Gasteiger charge is -2.05. The summed E-state index contributed by atoms with van der Waals surface area (Å²) in [7, 11) is 1.58. The number of thioether (sulfide) groups is 1. The van der Waals surface area contributed by atoms with Gasteiger partial charge in [0, 0.05) is 29.7 Å². The summed E-state index contributed by atoms with van der Waals surface area (Å²) in [4.78, 5) is 24.9. The molecule has 0 aliphatic heterocycles. The first-order valence-corrected chi connectivity index (χ1v) is 11.2. The molecule has 2 amide bonds.